The van der Waals surface area contributed by atoms with Crippen LogP contribution in [0, 0.1) is 5.41 Å². The lowest BCUT2D eigenvalue weighted by atomic mass is 9.82. The van der Waals surface area contributed by atoms with Gasteiger partial charge in [-0.15, -0.1) is 11.3 Å². The lowest BCUT2D eigenvalue weighted by Gasteiger charge is -2.27. The van der Waals surface area contributed by atoms with Crippen LogP contribution in [-0.4, -0.2) is 35.2 Å². The molecule has 2 N–H and O–H groups in total. The van der Waals surface area contributed by atoms with Crippen LogP contribution in [0.15, 0.2) is 5.38 Å². The number of carboxylic acid groups (broad SMARTS) is 1. The van der Waals surface area contributed by atoms with Gasteiger partial charge in [0.15, 0.2) is 5.69 Å². The summed E-state index contributed by atoms with van der Waals surface area (Å²) in [5.41, 5.74) is -0.302. The summed E-state index contributed by atoms with van der Waals surface area (Å²) in [6.45, 7) is 3.50. The third-order valence-electron chi connectivity index (χ3n) is 4.14. The van der Waals surface area contributed by atoms with Crippen molar-refractivity contribution in [3.63, 3.8) is 0 Å². The Hall–Kier alpha value is -1.47. The number of carbonyl (C=O) groups is 2. The second-order valence-electron chi connectivity index (χ2n) is 5.55. The number of hydrogen-bond acceptors (Lipinski definition) is 5. The summed E-state index contributed by atoms with van der Waals surface area (Å²) in [7, 11) is 0. The van der Waals surface area contributed by atoms with Gasteiger partial charge in [0.05, 0.1) is 12.0 Å². The molecule has 1 heterocycles. The van der Waals surface area contributed by atoms with E-state index in [0.29, 0.717) is 18.2 Å². The van der Waals surface area contributed by atoms with E-state index in [1.54, 1.807) is 0 Å². The van der Waals surface area contributed by atoms with Crippen LogP contribution in [0.25, 0.3) is 0 Å². The molecule has 1 aliphatic rings. The molecule has 1 amide bonds. The summed E-state index contributed by atoms with van der Waals surface area (Å²) < 4.78 is 5.41. The molecule has 2 rings (SSSR count). The third-order valence-corrected chi connectivity index (χ3v) is 4.99. The number of thiazole rings is 1. The highest BCUT2D eigenvalue weighted by Crippen LogP contribution is 2.41. The van der Waals surface area contributed by atoms with Crippen LogP contribution in [0.2, 0.25) is 0 Å². The highest BCUT2D eigenvalue weighted by Gasteiger charge is 2.40. The summed E-state index contributed by atoms with van der Waals surface area (Å²) in [6.07, 6.45) is 4.67. The molecule has 1 aromatic heterocycles. The molecule has 122 valence electrons. The quantitative estimate of drug-likeness (QED) is 0.716. The second-order valence-corrected chi connectivity index (χ2v) is 6.49. The van der Waals surface area contributed by atoms with E-state index in [2.05, 4.69) is 10.3 Å². The van der Waals surface area contributed by atoms with Gasteiger partial charge in [-0.2, -0.15) is 0 Å². The lowest BCUT2D eigenvalue weighted by Crippen LogP contribution is -2.39. The fraction of sp³-hybridized carbons (Fsp3) is 0.667. The van der Waals surface area contributed by atoms with Gasteiger partial charge in [0, 0.05) is 18.6 Å². The zero-order chi connectivity index (χ0) is 16.0. The van der Waals surface area contributed by atoms with Gasteiger partial charge in [-0.3, -0.25) is 4.79 Å². The van der Waals surface area contributed by atoms with Crippen LogP contribution >= 0.6 is 11.3 Å². The van der Waals surface area contributed by atoms with Crippen LogP contribution in [0.1, 0.15) is 54.5 Å². The fourth-order valence-corrected chi connectivity index (χ4v) is 3.60. The van der Waals surface area contributed by atoms with E-state index >= 15 is 0 Å². The Morgan fingerprint density at radius 2 is 2.18 bits per heavy atom. The SMILES string of the molecule is CCOCCC1(C(=O)NCc2nc(C(=O)O)cs2)CCCC1. The maximum absolute atomic E-state index is 12.6. The standard InChI is InChI=1S/C15H22N2O4S/c1-2-21-8-7-15(5-3-4-6-15)14(20)16-9-12-17-11(10-22-12)13(18)19/h10H,2-9H2,1H3,(H,16,20)(H,18,19). The molecule has 1 fully saturated rings. The normalized spacial score (nSPS) is 16.6. The topological polar surface area (TPSA) is 88.5 Å². The van der Waals surface area contributed by atoms with E-state index in [4.69, 9.17) is 9.84 Å². The molecule has 0 saturated heterocycles. The summed E-state index contributed by atoms with van der Waals surface area (Å²) >= 11 is 1.25. The number of carboxylic acids is 1. The number of rotatable bonds is 8. The fourth-order valence-electron chi connectivity index (χ4n) is 2.89. The molecule has 1 saturated carbocycles. The Bertz CT molecular complexity index is 523. The first-order chi connectivity index (χ1) is 10.6. The Morgan fingerprint density at radius 1 is 1.45 bits per heavy atom. The van der Waals surface area contributed by atoms with Gasteiger partial charge in [-0.25, -0.2) is 9.78 Å². The van der Waals surface area contributed by atoms with Crippen molar-refractivity contribution in [2.45, 2.75) is 45.6 Å². The van der Waals surface area contributed by atoms with Gasteiger partial charge in [0.2, 0.25) is 5.91 Å². The average molecular weight is 326 g/mol. The van der Waals surface area contributed by atoms with Crippen molar-refractivity contribution in [2.24, 2.45) is 5.41 Å². The Labute approximate surface area is 133 Å². The molecule has 1 aromatic rings. The number of ether oxygens (including phenoxy) is 1. The zero-order valence-corrected chi connectivity index (χ0v) is 13.6. The Morgan fingerprint density at radius 3 is 2.77 bits per heavy atom. The van der Waals surface area contributed by atoms with Crippen molar-refractivity contribution in [3.05, 3.63) is 16.1 Å². The molecule has 6 nitrogen and oxygen atoms in total. The molecule has 0 aliphatic heterocycles. The van der Waals surface area contributed by atoms with E-state index in [1.807, 2.05) is 6.92 Å². The smallest absolute Gasteiger partial charge is 0.355 e. The van der Waals surface area contributed by atoms with Crippen molar-refractivity contribution in [1.82, 2.24) is 10.3 Å². The maximum atomic E-state index is 12.6. The minimum absolute atomic E-state index is 0.0289. The van der Waals surface area contributed by atoms with Crippen molar-refractivity contribution in [2.75, 3.05) is 13.2 Å². The molecule has 0 unspecified atom stereocenters. The van der Waals surface area contributed by atoms with Crippen LogP contribution in [0.3, 0.4) is 0 Å². The summed E-state index contributed by atoms with van der Waals surface area (Å²) in [5.74, 6) is -1.01. The predicted molar refractivity (Wildman–Crippen MR) is 82.9 cm³/mol. The van der Waals surface area contributed by atoms with Crippen molar-refractivity contribution in [3.8, 4) is 0 Å². The van der Waals surface area contributed by atoms with Gasteiger partial charge in [-0.05, 0) is 26.2 Å². The van der Waals surface area contributed by atoms with Crippen molar-refractivity contribution < 1.29 is 19.4 Å². The summed E-state index contributed by atoms with van der Waals surface area (Å²) in [4.78, 5) is 27.4. The molecule has 0 radical (unpaired) electrons. The van der Waals surface area contributed by atoms with E-state index in [9.17, 15) is 9.59 Å². The summed E-state index contributed by atoms with van der Waals surface area (Å²) in [5, 5.41) is 13.9. The Kier molecular flexibility index (Phi) is 5.90. The summed E-state index contributed by atoms with van der Waals surface area (Å²) in [6, 6.07) is 0. The Balaban J connectivity index is 1.91. The number of aromatic carboxylic acids is 1. The van der Waals surface area contributed by atoms with Gasteiger partial charge in [-0.1, -0.05) is 12.8 Å². The zero-order valence-electron chi connectivity index (χ0n) is 12.8. The number of carbonyl (C=O) groups excluding carboxylic acids is 1. The first kappa shape index (κ1) is 16.9. The highest BCUT2D eigenvalue weighted by atomic mass is 32.1. The monoisotopic (exact) mass is 326 g/mol. The van der Waals surface area contributed by atoms with E-state index < -0.39 is 5.97 Å². The molecule has 0 spiro atoms. The van der Waals surface area contributed by atoms with Gasteiger partial charge < -0.3 is 15.2 Å². The van der Waals surface area contributed by atoms with Gasteiger partial charge in [0.25, 0.3) is 0 Å². The molecular weight excluding hydrogens is 304 g/mol. The third kappa shape index (κ3) is 4.04. The molecule has 1 aliphatic carbocycles. The number of nitrogens with zero attached hydrogens (tertiary/aromatic N) is 1. The maximum Gasteiger partial charge on any atom is 0.355 e. The van der Waals surface area contributed by atoms with E-state index in [1.165, 1.54) is 16.7 Å². The first-order valence-corrected chi connectivity index (χ1v) is 8.49. The lowest BCUT2D eigenvalue weighted by molar-refractivity contribution is -0.132. The van der Waals surface area contributed by atoms with Crippen LogP contribution in [-0.2, 0) is 16.1 Å². The van der Waals surface area contributed by atoms with Crippen molar-refractivity contribution >= 4 is 23.2 Å². The second kappa shape index (κ2) is 7.69. The average Bonchev–Trinajstić information content (AvgIpc) is 3.15. The van der Waals surface area contributed by atoms with E-state index in [0.717, 1.165) is 32.1 Å². The van der Waals surface area contributed by atoms with Gasteiger partial charge >= 0.3 is 5.97 Å². The number of amides is 1. The minimum Gasteiger partial charge on any atom is -0.476 e. The predicted octanol–water partition coefficient (Wildman–Crippen LogP) is 2.44. The van der Waals surface area contributed by atoms with Gasteiger partial charge in [0.1, 0.15) is 5.01 Å². The van der Waals surface area contributed by atoms with Crippen LogP contribution in [0.5, 0.6) is 0 Å². The van der Waals surface area contributed by atoms with Crippen LogP contribution < -0.4 is 5.32 Å². The number of hydrogen-bond donors (Lipinski definition) is 2. The largest absolute Gasteiger partial charge is 0.476 e. The molecule has 7 heteroatoms. The highest BCUT2D eigenvalue weighted by molar-refractivity contribution is 7.09. The molecule has 0 bridgehead atoms. The number of aromatic nitrogens is 1. The van der Waals surface area contributed by atoms with Crippen molar-refractivity contribution in [1.29, 1.82) is 0 Å². The van der Waals surface area contributed by atoms with Crippen LogP contribution in [0.4, 0.5) is 0 Å². The molecule has 22 heavy (non-hydrogen) atoms. The first-order valence-electron chi connectivity index (χ1n) is 7.61. The van der Waals surface area contributed by atoms with E-state index in [-0.39, 0.29) is 23.6 Å². The molecule has 0 atom stereocenters. The molecule has 0 aromatic carbocycles. The molecular formula is C15H22N2O4S. The minimum atomic E-state index is -1.04. The number of nitrogens with one attached hydrogen (secondary N) is 1.